The van der Waals surface area contributed by atoms with Crippen LogP contribution in [0.4, 0.5) is 11.4 Å². The van der Waals surface area contributed by atoms with Crippen LogP contribution in [0.2, 0.25) is 5.02 Å². The highest BCUT2D eigenvalue weighted by Gasteiger charge is 2.20. The average molecular weight is 286 g/mol. The largest absolute Gasteiger partial charge is 0.325 e. The maximum atomic E-state index is 11.8. The Hall–Kier alpha value is -1.66. The summed E-state index contributed by atoms with van der Waals surface area (Å²) < 4.78 is 0. The van der Waals surface area contributed by atoms with E-state index in [1.54, 1.807) is 0 Å². The van der Waals surface area contributed by atoms with Gasteiger partial charge in [0.15, 0.2) is 0 Å². The minimum Gasteiger partial charge on any atom is -0.325 e. The lowest BCUT2D eigenvalue weighted by molar-refractivity contribution is -0.384. The molecule has 0 aliphatic rings. The molecular weight excluding hydrogens is 270 g/mol. The normalized spacial score (nSPS) is 13.7. The van der Waals surface area contributed by atoms with Crippen LogP contribution in [0.5, 0.6) is 0 Å². The van der Waals surface area contributed by atoms with Crippen molar-refractivity contribution in [3.63, 3.8) is 0 Å². The van der Waals surface area contributed by atoms with Crippen molar-refractivity contribution in [3.05, 3.63) is 33.3 Å². The van der Waals surface area contributed by atoms with Crippen molar-refractivity contribution in [3.8, 4) is 0 Å². The van der Waals surface area contributed by atoms with Gasteiger partial charge in [-0.15, -0.1) is 0 Å². The average Bonchev–Trinajstić information content (AvgIpc) is 2.36. The van der Waals surface area contributed by atoms with Gasteiger partial charge in [-0.25, -0.2) is 0 Å². The third-order valence-corrected chi connectivity index (χ3v) is 3.27. The van der Waals surface area contributed by atoms with Gasteiger partial charge in [0.05, 0.1) is 11.0 Å². The predicted octanol–water partition coefficient (Wildman–Crippen LogP) is 2.56. The Labute approximate surface area is 116 Å². The molecular formula is C12H16ClN3O3. The zero-order valence-corrected chi connectivity index (χ0v) is 11.5. The van der Waals surface area contributed by atoms with Gasteiger partial charge in [0.2, 0.25) is 5.91 Å². The number of hydrogen-bond acceptors (Lipinski definition) is 4. The maximum absolute atomic E-state index is 11.8. The predicted molar refractivity (Wildman–Crippen MR) is 74.2 cm³/mol. The van der Waals surface area contributed by atoms with E-state index in [4.69, 9.17) is 17.3 Å². The second-order valence-corrected chi connectivity index (χ2v) is 4.73. The molecule has 0 saturated carbocycles. The SMILES string of the molecule is CCC(C)C(N)C(=O)Nc1ccc([N+](=O)[O-])c(Cl)c1. The van der Waals surface area contributed by atoms with Crippen LogP contribution in [-0.4, -0.2) is 16.9 Å². The number of nitrogens with one attached hydrogen (secondary N) is 1. The molecule has 0 saturated heterocycles. The smallest absolute Gasteiger partial charge is 0.288 e. The summed E-state index contributed by atoms with van der Waals surface area (Å²) in [4.78, 5) is 21.9. The van der Waals surface area contributed by atoms with E-state index in [1.165, 1.54) is 18.2 Å². The maximum Gasteiger partial charge on any atom is 0.288 e. The minimum absolute atomic E-state index is 0.0279. The zero-order chi connectivity index (χ0) is 14.6. The molecule has 2 unspecified atom stereocenters. The lowest BCUT2D eigenvalue weighted by Gasteiger charge is -2.17. The standard InChI is InChI=1S/C12H16ClN3O3/c1-3-7(2)11(14)12(17)15-8-4-5-10(16(18)19)9(13)6-8/h4-7,11H,3,14H2,1-2H3,(H,15,17). The van der Waals surface area contributed by atoms with Crippen LogP contribution >= 0.6 is 11.6 Å². The molecule has 1 aromatic rings. The Balaban J connectivity index is 2.81. The van der Waals surface area contributed by atoms with Gasteiger partial charge >= 0.3 is 0 Å². The van der Waals surface area contributed by atoms with Crippen molar-refractivity contribution >= 4 is 28.9 Å². The zero-order valence-electron chi connectivity index (χ0n) is 10.7. The van der Waals surface area contributed by atoms with Gasteiger partial charge in [-0.3, -0.25) is 14.9 Å². The number of benzene rings is 1. The second kappa shape index (κ2) is 6.49. The molecule has 0 heterocycles. The Kier molecular flexibility index (Phi) is 5.26. The number of nitro groups is 1. The molecule has 1 aromatic carbocycles. The quantitative estimate of drug-likeness (QED) is 0.641. The summed E-state index contributed by atoms with van der Waals surface area (Å²) in [6.07, 6.45) is 0.787. The first-order valence-corrected chi connectivity index (χ1v) is 6.25. The number of nitrogens with two attached hydrogens (primary N) is 1. The van der Waals surface area contributed by atoms with Crippen LogP contribution in [0.15, 0.2) is 18.2 Å². The molecule has 0 aromatic heterocycles. The van der Waals surface area contributed by atoms with E-state index in [0.29, 0.717) is 5.69 Å². The number of hydrogen-bond donors (Lipinski definition) is 2. The van der Waals surface area contributed by atoms with E-state index in [0.717, 1.165) is 6.42 Å². The molecule has 0 aliphatic heterocycles. The van der Waals surface area contributed by atoms with E-state index >= 15 is 0 Å². The summed E-state index contributed by atoms with van der Waals surface area (Å²) in [5, 5.41) is 13.2. The second-order valence-electron chi connectivity index (χ2n) is 4.32. The molecule has 0 fully saturated rings. The van der Waals surface area contributed by atoms with E-state index in [2.05, 4.69) is 5.32 Å². The number of rotatable bonds is 5. The molecule has 1 rings (SSSR count). The van der Waals surface area contributed by atoms with Crippen LogP contribution < -0.4 is 11.1 Å². The number of halogens is 1. The van der Waals surface area contributed by atoms with E-state index in [1.807, 2.05) is 13.8 Å². The van der Waals surface area contributed by atoms with Crippen molar-refractivity contribution in [2.24, 2.45) is 11.7 Å². The molecule has 0 bridgehead atoms. The molecule has 2 atom stereocenters. The topological polar surface area (TPSA) is 98.3 Å². The van der Waals surface area contributed by atoms with E-state index < -0.39 is 11.0 Å². The van der Waals surface area contributed by atoms with Gasteiger partial charge in [0.25, 0.3) is 5.69 Å². The summed E-state index contributed by atoms with van der Waals surface area (Å²) in [6, 6.07) is 3.37. The Morgan fingerprint density at radius 3 is 2.68 bits per heavy atom. The first-order valence-electron chi connectivity index (χ1n) is 5.87. The van der Waals surface area contributed by atoms with Crippen molar-refractivity contribution < 1.29 is 9.72 Å². The molecule has 0 aliphatic carbocycles. The fourth-order valence-electron chi connectivity index (χ4n) is 1.47. The van der Waals surface area contributed by atoms with Crippen molar-refractivity contribution in [1.29, 1.82) is 0 Å². The summed E-state index contributed by atoms with van der Waals surface area (Å²) in [6.45, 7) is 3.83. The fourth-order valence-corrected chi connectivity index (χ4v) is 1.72. The van der Waals surface area contributed by atoms with Gasteiger partial charge in [0.1, 0.15) is 5.02 Å². The molecule has 7 heteroatoms. The highest BCUT2D eigenvalue weighted by Crippen LogP contribution is 2.27. The number of carbonyl (C=O) groups excluding carboxylic acids is 1. The highest BCUT2D eigenvalue weighted by atomic mass is 35.5. The monoisotopic (exact) mass is 285 g/mol. The molecule has 104 valence electrons. The minimum atomic E-state index is -0.626. The number of carbonyl (C=O) groups is 1. The Morgan fingerprint density at radius 1 is 1.58 bits per heavy atom. The van der Waals surface area contributed by atoms with E-state index in [9.17, 15) is 14.9 Å². The summed E-state index contributed by atoms with van der Waals surface area (Å²) in [5.74, 6) is -0.284. The first-order chi connectivity index (χ1) is 8.86. The lowest BCUT2D eigenvalue weighted by Crippen LogP contribution is -2.40. The van der Waals surface area contributed by atoms with Crippen LogP contribution in [0.25, 0.3) is 0 Å². The lowest BCUT2D eigenvalue weighted by atomic mass is 9.99. The third-order valence-electron chi connectivity index (χ3n) is 2.97. The number of nitro benzene ring substituents is 1. The van der Waals surface area contributed by atoms with E-state index in [-0.39, 0.29) is 22.5 Å². The number of anilines is 1. The van der Waals surface area contributed by atoms with Gasteiger partial charge in [-0.2, -0.15) is 0 Å². The Morgan fingerprint density at radius 2 is 2.21 bits per heavy atom. The van der Waals surface area contributed by atoms with Crippen molar-refractivity contribution in [1.82, 2.24) is 0 Å². The van der Waals surface area contributed by atoms with Gasteiger partial charge < -0.3 is 11.1 Å². The Bertz CT molecular complexity index is 493. The van der Waals surface area contributed by atoms with Crippen LogP contribution in [0.3, 0.4) is 0 Å². The number of nitrogens with zero attached hydrogens (tertiary/aromatic N) is 1. The van der Waals surface area contributed by atoms with Gasteiger partial charge in [-0.1, -0.05) is 31.9 Å². The molecule has 1 amide bonds. The molecule has 0 spiro atoms. The van der Waals surface area contributed by atoms with Gasteiger partial charge in [0, 0.05) is 11.8 Å². The fraction of sp³-hybridized carbons (Fsp3) is 0.417. The third kappa shape index (κ3) is 3.90. The summed E-state index contributed by atoms with van der Waals surface area (Å²) in [7, 11) is 0. The van der Waals surface area contributed by atoms with Gasteiger partial charge in [-0.05, 0) is 18.1 Å². The molecule has 19 heavy (non-hydrogen) atoms. The summed E-state index contributed by atoms with van der Waals surface area (Å²) >= 11 is 5.75. The highest BCUT2D eigenvalue weighted by molar-refractivity contribution is 6.33. The number of amides is 1. The van der Waals surface area contributed by atoms with Crippen LogP contribution in [0, 0.1) is 16.0 Å². The molecule has 3 N–H and O–H groups in total. The van der Waals surface area contributed by atoms with Crippen molar-refractivity contribution in [2.75, 3.05) is 5.32 Å². The van der Waals surface area contributed by atoms with Crippen LogP contribution in [0.1, 0.15) is 20.3 Å². The molecule has 6 nitrogen and oxygen atoms in total. The van der Waals surface area contributed by atoms with Crippen molar-refractivity contribution in [2.45, 2.75) is 26.3 Å². The van der Waals surface area contributed by atoms with Crippen LogP contribution in [-0.2, 0) is 4.79 Å². The first kappa shape index (κ1) is 15.4. The summed E-state index contributed by atoms with van der Waals surface area (Å²) in [5.41, 5.74) is 5.97. The molecule has 0 radical (unpaired) electrons.